The summed E-state index contributed by atoms with van der Waals surface area (Å²) in [5, 5.41) is 16.0. The summed E-state index contributed by atoms with van der Waals surface area (Å²) in [5.41, 5.74) is 2.92. The highest BCUT2D eigenvalue weighted by atomic mass is 28.4. The molecule has 1 saturated heterocycles. The highest BCUT2D eigenvalue weighted by molar-refractivity contribution is 6.71. The van der Waals surface area contributed by atoms with E-state index in [4.69, 9.17) is 4.74 Å². The number of para-hydroxylation sites is 1. The monoisotopic (exact) mass is 714 g/mol. The van der Waals surface area contributed by atoms with Crippen molar-refractivity contribution in [2.24, 2.45) is 5.92 Å². The highest BCUT2D eigenvalue weighted by Gasteiger charge is 2.66. The molecule has 0 unspecified atom stereocenters. The summed E-state index contributed by atoms with van der Waals surface area (Å²) in [6.07, 6.45) is 1.50. The van der Waals surface area contributed by atoms with Gasteiger partial charge in [-0.05, 0) is 60.5 Å². The van der Waals surface area contributed by atoms with E-state index in [1.54, 1.807) is 22.1 Å². The lowest BCUT2D eigenvalue weighted by atomic mass is 9.82. The number of fused-ring (bicyclic) bond motifs is 4. The van der Waals surface area contributed by atoms with Crippen LogP contribution >= 0.6 is 0 Å². The third-order valence-electron chi connectivity index (χ3n) is 11.3. The first-order valence-electron chi connectivity index (χ1n) is 17.9. The van der Waals surface area contributed by atoms with Gasteiger partial charge < -0.3 is 24.4 Å². The zero-order valence-corrected chi connectivity index (χ0v) is 30.5. The lowest BCUT2D eigenvalue weighted by Gasteiger charge is -2.37. The zero-order valence-electron chi connectivity index (χ0n) is 29.5. The number of amides is 2. The molecule has 0 aliphatic carbocycles. The van der Waals surface area contributed by atoms with Gasteiger partial charge >= 0.3 is 0 Å². The van der Waals surface area contributed by atoms with Crippen molar-refractivity contribution in [2.75, 3.05) is 11.5 Å². The van der Waals surface area contributed by atoms with Crippen molar-refractivity contribution >= 4 is 36.6 Å². The largest absolute Gasteiger partial charge is 0.432 e. The van der Waals surface area contributed by atoms with Crippen LogP contribution in [0.5, 0.6) is 0 Å². The summed E-state index contributed by atoms with van der Waals surface area (Å²) in [5.74, 6) is -0.847. The normalized spacial score (nSPS) is 24.1. The number of anilines is 1. The number of nitrogens with zero attached hydrogens (tertiary/aromatic N) is 4. The molecule has 3 aliphatic heterocycles. The Balaban J connectivity index is 1.11. The molecule has 3 aliphatic rings. The summed E-state index contributed by atoms with van der Waals surface area (Å²) < 4.78 is 8.31. The molecule has 4 heterocycles. The topological polar surface area (TPSA) is 125 Å². The smallest absolute Gasteiger partial charge is 0.279 e. The zero-order chi connectivity index (χ0) is 36.4. The Bertz CT molecular complexity index is 2270. The molecule has 1 aromatic heterocycles. The molecule has 0 saturated carbocycles. The lowest BCUT2D eigenvalue weighted by molar-refractivity contribution is -0.151. The van der Waals surface area contributed by atoms with Gasteiger partial charge in [0.15, 0.2) is 13.9 Å². The molecule has 1 spiro atoms. The van der Waals surface area contributed by atoms with Gasteiger partial charge in [0.25, 0.3) is 11.5 Å². The van der Waals surface area contributed by atoms with E-state index in [1.807, 2.05) is 111 Å². The van der Waals surface area contributed by atoms with Crippen molar-refractivity contribution in [3.05, 3.63) is 136 Å². The average Bonchev–Trinajstić information content (AvgIpc) is 3.57. The fourth-order valence-electron chi connectivity index (χ4n) is 8.96. The molecule has 0 radical (unpaired) electrons. The van der Waals surface area contributed by atoms with Gasteiger partial charge in [-0.3, -0.25) is 14.4 Å². The fourth-order valence-corrected chi connectivity index (χ4v) is 11.5. The lowest BCUT2D eigenvalue weighted by Crippen LogP contribution is -2.48. The third-order valence-corrected chi connectivity index (χ3v) is 13.8. The number of hydrogen-bond donors (Lipinski definition) is 2. The number of carbonyl (C=O) groups excluding carboxylic acids is 2. The van der Waals surface area contributed by atoms with Crippen LogP contribution in [0.25, 0.3) is 16.5 Å². The molecular weight excluding hydrogens is 673 g/mol. The number of aliphatic hydroxyl groups is 1. The van der Waals surface area contributed by atoms with Crippen molar-refractivity contribution in [2.45, 2.75) is 69.2 Å². The molecule has 2 amide bonds. The number of rotatable bonds is 7. The van der Waals surface area contributed by atoms with E-state index in [9.17, 15) is 24.3 Å². The molecule has 266 valence electrons. The number of aromatic nitrogens is 2. The minimum atomic E-state index is -3.02. The second-order valence-corrected chi connectivity index (χ2v) is 18.9. The fraction of sp³-hybridized carbons (Fsp3) is 0.317. The molecule has 11 heteroatoms. The van der Waals surface area contributed by atoms with Crippen LogP contribution in [0, 0.1) is 5.92 Å². The van der Waals surface area contributed by atoms with Crippen molar-refractivity contribution in [1.82, 2.24) is 14.7 Å². The Morgan fingerprint density at radius 1 is 0.962 bits per heavy atom. The number of benzene rings is 4. The summed E-state index contributed by atoms with van der Waals surface area (Å²) in [7, 11) is -3.02. The van der Waals surface area contributed by atoms with Gasteiger partial charge in [-0.25, -0.2) is 0 Å². The van der Waals surface area contributed by atoms with E-state index in [0.717, 1.165) is 27.6 Å². The summed E-state index contributed by atoms with van der Waals surface area (Å²) in [4.78, 5) is 57.7. The van der Waals surface area contributed by atoms with Crippen LogP contribution in [-0.4, -0.2) is 63.5 Å². The van der Waals surface area contributed by atoms with Gasteiger partial charge in [0, 0.05) is 29.0 Å². The first-order valence-corrected chi connectivity index (χ1v) is 20.9. The van der Waals surface area contributed by atoms with Crippen molar-refractivity contribution in [3.8, 4) is 5.69 Å². The first kappa shape index (κ1) is 34.2. The van der Waals surface area contributed by atoms with E-state index in [0.29, 0.717) is 29.7 Å². The Hall–Kier alpha value is -4.94. The summed E-state index contributed by atoms with van der Waals surface area (Å²) in [6, 6.07) is 30.0. The van der Waals surface area contributed by atoms with Crippen LogP contribution in [0.4, 0.5) is 5.69 Å². The molecule has 5 aromatic rings. The number of aliphatic hydroxyl groups excluding tert-OH is 1. The van der Waals surface area contributed by atoms with Gasteiger partial charge in [0.2, 0.25) is 5.91 Å². The Morgan fingerprint density at radius 3 is 2.48 bits per heavy atom. The minimum Gasteiger partial charge on any atom is -0.432 e. The molecule has 2 N–H and O–H groups in total. The van der Waals surface area contributed by atoms with Gasteiger partial charge in [0.1, 0.15) is 0 Å². The van der Waals surface area contributed by atoms with E-state index in [1.165, 1.54) is 4.68 Å². The highest BCUT2D eigenvalue weighted by Crippen LogP contribution is 2.59. The maximum Gasteiger partial charge on any atom is 0.279 e. The van der Waals surface area contributed by atoms with Gasteiger partial charge in [-0.15, -0.1) is 0 Å². The van der Waals surface area contributed by atoms with Gasteiger partial charge in [-0.1, -0.05) is 79.7 Å². The Morgan fingerprint density at radius 2 is 1.69 bits per heavy atom. The van der Waals surface area contributed by atoms with Crippen LogP contribution in [-0.2, 0) is 39.4 Å². The molecule has 52 heavy (non-hydrogen) atoms. The van der Waals surface area contributed by atoms with E-state index in [2.05, 4.69) is 5.10 Å². The molecule has 10 nitrogen and oxygen atoms in total. The number of ether oxygens (including phenoxy) is 1. The Labute approximate surface area is 303 Å². The molecule has 8 rings (SSSR count). The summed E-state index contributed by atoms with van der Waals surface area (Å²) >= 11 is 0. The second-order valence-electron chi connectivity index (χ2n) is 14.9. The Kier molecular flexibility index (Phi) is 8.49. The molecule has 4 aromatic carbocycles. The van der Waals surface area contributed by atoms with Crippen LogP contribution in [0.15, 0.2) is 108 Å². The van der Waals surface area contributed by atoms with Crippen molar-refractivity contribution < 1.29 is 24.2 Å². The van der Waals surface area contributed by atoms with Crippen LogP contribution in [0.1, 0.15) is 35.6 Å². The SMILES string of the molecule is C[C@@H]1[C@@H]([Si](C)(C)O)[C@H](CC(=O)N2Cc3ccccc3C[C@H]2CO)O[C@@]12C(=O)N(Cc1cccc(-n3ncc4ccccc4c3=O)c1)c1ccccc12. The second kappa shape index (κ2) is 12.9. The standard InChI is InChI=1S/C41H42N4O6Si/c1-26-38(52(2,3)50)36(21-37(47)43-24-30-14-5-4-12-28(30)20-32(43)25-46)51-41(26)34-17-8-9-18-35(34)44(40(41)49)23-27-11-10-15-31(19-27)45-39(48)33-16-7-6-13-29(33)22-42-45/h4-19,22,26,32,36,38,46,50H,20-21,23-25H2,1-3H3/t26-,32+,36+,38-,41+/m1/s1. The quantitative estimate of drug-likeness (QED) is 0.226. The summed E-state index contributed by atoms with van der Waals surface area (Å²) in [6.45, 7) is 6.09. The number of carbonyl (C=O) groups is 2. The van der Waals surface area contributed by atoms with E-state index >= 15 is 0 Å². The minimum absolute atomic E-state index is 0.0165. The predicted octanol–water partition coefficient (Wildman–Crippen LogP) is 5.07. The van der Waals surface area contributed by atoms with Crippen LogP contribution in [0.3, 0.4) is 0 Å². The van der Waals surface area contributed by atoms with E-state index in [-0.39, 0.29) is 43.0 Å². The first-order chi connectivity index (χ1) is 25.0. The molecule has 1 fully saturated rings. The van der Waals surface area contributed by atoms with Crippen molar-refractivity contribution in [3.63, 3.8) is 0 Å². The maximum atomic E-state index is 14.9. The molecular formula is C41H42N4O6Si. The number of hydrogen-bond acceptors (Lipinski definition) is 7. The third kappa shape index (κ3) is 5.50. The van der Waals surface area contributed by atoms with Crippen molar-refractivity contribution in [1.29, 1.82) is 0 Å². The molecule has 5 atom stereocenters. The van der Waals surface area contributed by atoms with Crippen LogP contribution < -0.4 is 10.5 Å². The van der Waals surface area contributed by atoms with E-state index < -0.39 is 31.5 Å². The van der Waals surface area contributed by atoms with Gasteiger partial charge in [0.05, 0.1) is 54.7 Å². The van der Waals surface area contributed by atoms with Crippen LogP contribution in [0.2, 0.25) is 18.6 Å². The van der Waals surface area contributed by atoms with Gasteiger partial charge in [-0.2, -0.15) is 9.78 Å². The molecule has 0 bridgehead atoms. The average molecular weight is 715 g/mol. The maximum absolute atomic E-state index is 14.9. The predicted molar refractivity (Wildman–Crippen MR) is 200 cm³/mol.